The van der Waals surface area contributed by atoms with E-state index >= 15 is 0 Å². The van der Waals surface area contributed by atoms with Crippen LogP contribution in [0.4, 0.5) is 5.69 Å². The zero-order chi connectivity index (χ0) is 16.6. The molecular weight excluding hydrogens is 316 g/mol. The summed E-state index contributed by atoms with van der Waals surface area (Å²) >= 11 is 0. The average molecular weight is 332 g/mol. The van der Waals surface area contributed by atoms with Crippen LogP contribution in [0.2, 0.25) is 0 Å². The highest BCUT2D eigenvalue weighted by molar-refractivity contribution is 7.92. The molecule has 0 aliphatic rings. The standard InChI is InChI=1S/C15H16N4O3S/c1-9-15(10(2)22-18-9)23(20,21)19-13-6-4-12(5-7-13)14-8-16-11(3)17-14/h4-8,19H,1-3H3,(H,16,17). The molecule has 0 atom stereocenters. The van der Waals surface area contributed by atoms with Gasteiger partial charge in [-0.2, -0.15) is 0 Å². The fourth-order valence-corrected chi connectivity index (χ4v) is 3.74. The Labute approximate surface area is 133 Å². The van der Waals surface area contributed by atoms with Crippen LogP contribution in [0.15, 0.2) is 39.9 Å². The van der Waals surface area contributed by atoms with Crippen LogP contribution in [-0.4, -0.2) is 23.5 Å². The number of nitrogens with one attached hydrogen (secondary N) is 2. The maximum atomic E-state index is 12.4. The summed E-state index contributed by atoms with van der Waals surface area (Å²) in [5, 5.41) is 3.67. The Bertz CT molecular complexity index is 920. The number of aromatic amines is 1. The molecule has 3 rings (SSSR count). The van der Waals surface area contributed by atoms with Crippen molar-refractivity contribution in [3.8, 4) is 11.3 Å². The lowest BCUT2D eigenvalue weighted by atomic mass is 10.1. The zero-order valence-corrected chi connectivity index (χ0v) is 13.7. The van der Waals surface area contributed by atoms with Gasteiger partial charge in [0.1, 0.15) is 11.5 Å². The molecule has 7 nitrogen and oxygen atoms in total. The van der Waals surface area contributed by atoms with Crippen molar-refractivity contribution in [2.24, 2.45) is 0 Å². The third-order valence-corrected chi connectivity index (χ3v) is 5.01. The van der Waals surface area contributed by atoms with Crippen molar-refractivity contribution in [3.63, 3.8) is 0 Å². The predicted octanol–water partition coefficient (Wildman–Crippen LogP) is 2.79. The smallest absolute Gasteiger partial charge is 0.267 e. The second kappa shape index (κ2) is 5.54. The highest BCUT2D eigenvalue weighted by atomic mass is 32.2. The maximum absolute atomic E-state index is 12.4. The Kier molecular flexibility index (Phi) is 3.69. The number of nitrogens with zero attached hydrogens (tertiary/aromatic N) is 2. The van der Waals surface area contributed by atoms with Crippen molar-refractivity contribution >= 4 is 15.7 Å². The summed E-state index contributed by atoms with van der Waals surface area (Å²) in [6, 6.07) is 7.03. The summed E-state index contributed by atoms with van der Waals surface area (Å²) in [5.74, 6) is 1.09. The SMILES string of the molecule is Cc1ncc(-c2ccc(NS(=O)(=O)c3c(C)noc3C)cc2)[nH]1. The van der Waals surface area contributed by atoms with Crippen LogP contribution in [0, 0.1) is 20.8 Å². The van der Waals surface area contributed by atoms with Crippen molar-refractivity contribution in [2.75, 3.05) is 4.72 Å². The molecule has 2 heterocycles. The number of H-pyrrole nitrogens is 1. The summed E-state index contributed by atoms with van der Waals surface area (Å²) in [6.07, 6.45) is 1.73. The molecule has 0 radical (unpaired) electrons. The van der Waals surface area contributed by atoms with Gasteiger partial charge < -0.3 is 9.51 Å². The quantitative estimate of drug-likeness (QED) is 0.765. The van der Waals surface area contributed by atoms with Gasteiger partial charge in [-0.25, -0.2) is 13.4 Å². The second-order valence-corrected chi connectivity index (χ2v) is 6.84. The van der Waals surface area contributed by atoms with Crippen molar-refractivity contribution < 1.29 is 12.9 Å². The minimum Gasteiger partial charge on any atom is -0.360 e. The molecule has 2 aromatic heterocycles. The van der Waals surface area contributed by atoms with Crippen LogP contribution in [0.5, 0.6) is 0 Å². The third-order valence-electron chi connectivity index (χ3n) is 3.39. The first-order chi connectivity index (χ1) is 10.9. The van der Waals surface area contributed by atoms with Gasteiger partial charge in [0.15, 0.2) is 10.7 Å². The highest BCUT2D eigenvalue weighted by Crippen LogP contribution is 2.24. The molecule has 0 bridgehead atoms. The molecule has 23 heavy (non-hydrogen) atoms. The molecule has 0 spiro atoms. The van der Waals surface area contributed by atoms with Gasteiger partial charge in [0.05, 0.1) is 11.9 Å². The Morgan fingerprint density at radius 1 is 1.13 bits per heavy atom. The van der Waals surface area contributed by atoms with E-state index in [1.54, 1.807) is 32.2 Å². The number of aromatic nitrogens is 3. The van der Waals surface area contributed by atoms with E-state index in [-0.39, 0.29) is 10.7 Å². The van der Waals surface area contributed by atoms with E-state index in [1.165, 1.54) is 0 Å². The molecule has 120 valence electrons. The van der Waals surface area contributed by atoms with Gasteiger partial charge in [0, 0.05) is 5.69 Å². The number of imidazole rings is 1. The van der Waals surface area contributed by atoms with Gasteiger partial charge in [-0.15, -0.1) is 0 Å². The lowest BCUT2D eigenvalue weighted by Gasteiger charge is -2.08. The minimum atomic E-state index is -3.73. The Balaban J connectivity index is 1.86. The van der Waals surface area contributed by atoms with Gasteiger partial charge in [0.25, 0.3) is 10.0 Å². The number of aryl methyl sites for hydroxylation is 3. The second-order valence-electron chi connectivity index (χ2n) is 5.22. The molecule has 8 heteroatoms. The number of hydrogen-bond acceptors (Lipinski definition) is 5. The van der Waals surface area contributed by atoms with Crippen molar-refractivity contribution in [1.29, 1.82) is 0 Å². The summed E-state index contributed by atoms with van der Waals surface area (Å²) in [7, 11) is -3.73. The van der Waals surface area contributed by atoms with Gasteiger partial charge in [-0.3, -0.25) is 4.72 Å². The molecule has 1 aromatic carbocycles. The van der Waals surface area contributed by atoms with Gasteiger partial charge >= 0.3 is 0 Å². The van der Waals surface area contributed by atoms with Crippen LogP contribution in [0.25, 0.3) is 11.3 Å². The number of benzene rings is 1. The summed E-state index contributed by atoms with van der Waals surface area (Å²) in [6.45, 7) is 5.03. The van der Waals surface area contributed by atoms with Crippen LogP contribution >= 0.6 is 0 Å². The van der Waals surface area contributed by atoms with Crippen LogP contribution in [0.3, 0.4) is 0 Å². The van der Waals surface area contributed by atoms with E-state index in [1.807, 2.05) is 19.1 Å². The molecular formula is C15H16N4O3S. The largest absolute Gasteiger partial charge is 0.360 e. The first kappa shape index (κ1) is 15.3. The fraction of sp³-hybridized carbons (Fsp3) is 0.200. The third kappa shape index (κ3) is 2.98. The van der Waals surface area contributed by atoms with E-state index in [0.717, 1.165) is 17.1 Å². The summed E-state index contributed by atoms with van der Waals surface area (Å²) in [5.41, 5.74) is 2.60. The van der Waals surface area contributed by atoms with E-state index in [9.17, 15) is 8.42 Å². The number of anilines is 1. The van der Waals surface area contributed by atoms with E-state index in [4.69, 9.17) is 4.52 Å². The van der Waals surface area contributed by atoms with Crippen molar-refractivity contribution in [2.45, 2.75) is 25.7 Å². The molecule has 0 saturated carbocycles. The Morgan fingerprint density at radius 3 is 2.35 bits per heavy atom. The summed E-state index contributed by atoms with van der Waals surface area (Å²) in [4.78, 5) is 7.35. The lowest BCUT2D eigenvalue weighted by Crippen LogP contribution is -2.14. The molecule has 2 N–H and O–H groups in total. The molecule has 3 aromatic rings. The lowest BCUT2D eigenvalue weighted by molar-refractivity contribution is 0.390. The maximum Gasteiger partial charge on any atom is 0.267 e. The highest BCUT2D eigenvalue weighted by Gasteiger charge is 2.24. The van der Waals surface area contributed by atoms with Crippen molar-refractivity contribution in [1.82, 2.24) is 15.1 Å². The first-order valence-electron chi connectivity index (χ1n) is 6.94. The Hall–Kier alpha value is -2.61. The molecule has 0 saturated heterocycles. The van der Waals surface area contributed by atoms with Crippen LogP contribution in [-0.2, 0) is 10.0 Å². The average Bonchev–Trinajstić information content (AvgIpc) is 3.06. The zero-order valence-electron chi connectivity index (χ0n) is 12.9. The molecule has 0 aliphatic heterocycles. The van der Waals surface area contributed by atoms with E-state index < -0.39 is 10.0 Å². The van der Waals surface area contributed by atoms with Crippen LogP contribution in [0.1, 0.15) is 17.3 Å². The predicted molar refractivity (Wildman–Crippen MR) is 85.5 cm³/mol. The number of sulfonamides is 1. The molecule has 0 aliphatic carbocycles. The molecule has 0 fully saturated rings. The minimum absolute atomic E-state index is 0.0748. The first-order valence-corrected chi connectivity index (χ1v) is 8.43. The normalized spacial score (nSPS) is 11.6. The fourth-order valence-electron chi connectivity index (χ4n) is 2.35. The van der Waals surface area contributed by atoms with Gasteiger partial charge in [-0.05, 0) is 38.5 Å². The topological polar surface area (TPSA) is 101 Å². The Morgan fingerprint density at radius 2 is 1.83 bits per heavy atom. The molecule has 0 unspecified atom stereocenters. The van der Waals surface area contributed by atoms with Gasteiger partial charge in [-0.1, -0.05) is 17.3 Å². The summed E-state index contributed by atoms with van der Waals surface area (Å²) < 4.78 is 32.3. The molecule has 0 amide bonds. The number of hydrogen-bond donors (Lipinski definition) is 2. The van der Waals surface area contributed by atoms with Gasteiger partial charge in [0.2, 0.25) is 0 Å². The van der Waals surface area contributed by atoms with E-state index in [0.29, 0.717) is 11.4 Å². The van der Waals surface area contributed by atoms with Crippen molar-refractivity contribution in [3.05, 3.63) is 47.7 Å². The number of rotatable bonds is 4. The monoisotopic (exact) mass is 332 g/mol. The van der Waals surface area contributed by atoms with E-state index in [2.05, 4.69) is 19.8 Å². The van der Waals surface area contributed by atoms with Crippen LogP contribution < -0.4 is 4.72 Å².